The Bertz CT molecular complexity index is 542. The summed E-state index contributed by atoms with van der Waals surface area (Å²) >= 11 is 0. The quantitative estimate of drug-likeness (QED) is 0.833. The highest BCUT2D eigenvalue weighted by atomic mass is 16.5. The van der Waals surface area contributed by atoms with Crippen LogP contribution in [0.4, 0.5) is 0 Å². The number of ketones is 1. The molecule has 1 aromatic carbocycles. The zero-order chi connectivity index (χ0) is 13.8. The van der Waals surface area contributed by atoms with E-state index in [1.165, 1.54) is 18.0 Å². The second kappa shape index (κ2) is 5.67. The van der Waals surface area contributed by atoms with E-state index in [1.807, 2.05) is 13.0 Å². The zero-order valence-corrected chi connectivity index (χ0v) is 10.9. The summed E-state index contributed by atoms with van der Waals surface area (Å²) in [5.41, 5.74) is 0.847. The van der Waals surface area contributed by atoms with Crippen molar-refractivity contribution in [3.63, 3.8) is 0 Å². The molecule has 0 radical (unpaired) electrons. The van der Waals surface area contributed by atoms with Gasteiger partial charge in [-0.1, -0.05) is 30.3 Å². The van der Waals surface area contributed by atoms with Gasteiger partial charge in [-0.15, -0.1) is 0 Å². The lowest BCUT2D eigenvalue weighted by Gasteiger charge is -2.12. The van der Waals surface area contributed by atoms with Gasteiger partial charge in [-0.2, -0.15) is 5.10 Å². The summed E-state index contributed by atoms with van der Waals surface area (Å²) in [7, 11) is 1.47. The first-order chi connectivity index (χ1) is 9.19. The lowest BCUT2D eigenvalue weighted by molar-refractivity contribution is 0.0732. The molecule has 5 nitrogen and oxygen atoms in total. The van der Waals surface area contributed by atoms with Gasteiger partial charge in [0.25, 0.3) is 0 Å². The average molecular weight is 260 g/mol. The van der Waals surface area contributed by atoms with Gasteiger partial charge in [0, 0.05) is 6.54 Å². The molecule has 19 heavy (non-hydrogen) atoms. The maximum absolute atomic E-state index is 12.4. The van der Waals surface area contributed by atoms with E-state index in [0.717, 1.165) is 0 Å². The maximum Gasteiger partial charge on any atom is 0.217 e. The number of benzene rings is 1. The fourth-order valence-corrected chi connectivity index (χ4v) is 1.92. The van der Waals surface area contributed by atoms with Crippen molar-refractivity contribution in [2.45, 2.75) is 19.6 Å². The van der Waals surface area contributed by atoms with Crippen molar-refractivity contribution in [3.05, 3.63) is 47.8 Å². The van der Waals surface area contributed by atoms with Crippen molar-refractivity contribution in [1.29, 1.82) is 0 Å². The number of carbonyl (C=O) groups excluding carboxylic acids is 1. The van der Waals surface area contributed by atoms with Crippen LogP contribution in [0.25, 0.3) is 0 Å². The van der Waals surface area contributed by atoms with Gasteiger partial charge in [-0.05, 0) is 12.5 Å². The van der Waals surface area contributed by atoms with Crippen LogP contribution < -0.4 is 4.74 Å². The molecule has 0 spiro atoms. The van der Waals surface area contributed by atoms with Gasteiger partial charge in [0.2, 0.25) is 5.78 Å². The van der Waals surface area contributed by atoms with E-state index in [-0.39, 0.29) is 0 Å². The van der Waals surface area contributed by atoms with Crippen molar-refractivity contribution < 1.29 is 14.6 Å². The highest BCUT2D eigenvalue weighted by Crippen LogP contribution is 2.24. The van der Waals surface area contributed by atoms with E-state index in [1.54, 1.807) is 24.3 Å². The fraction of sp³-hybridized carbons (Fsp3) is 0.286. The molecule has 1 atom stereocenters. The number of carbonyl (C=O) groups is 1. The lowest BCUT2D eigenvalue weighted by Crippen LogP contribution is -2.18. The molecule has 0 aliphatic heterocycles. The molecule has 2 rings (SSSR count). The molecule has 1 heterocycles. The van der Waals surface area contributed by atoms with Gasteiger partial charge in [-0.3, -0.25) is 9.48 Å². The van der Waals surface area contributed by atoms with Gasteiger partial charge in [0.15, 0.2) is 5.75 Å². The normalized spacial score (nSPS) is 12.2. The summed E-state index contributed by atoms with van der Waals surface area (Å²) in [5.74, 6) is -0.0377. The Hall–Kier alpha value is -2.14. The molecule has 0 bridgehead atoms. The van der Waals surface area contributed by atoms with Gasteiger partial charge in [0.05, 0.1) is 13.3 Å². The standard InChI is InChI=1S/C14H16N2O3/c1-3-16-12(11(19-2)9-15-16)14(18)13(17)10-7-5-4-6-8-10/h4-9,13,17H,3H2,1-2H3. The number of hydrogen-bond donors (Lipinski definition) is 1. The molecule has 1 aromatic heterocycles. The first-order valence-corrected chi connectivity index (χ1v) is 6.06. The molecule has 0 fully saturated rings. The fourth-order valence-electron chi connectivity index (χ4n) is 1.92. The van der Waals surface area contributed by atoms with Crippen molar-refractivity contribution in [2.75, 3.05) is 7.11 Å². The highest BCUT2D eigenvalue weighted by Gasteiger charge is 2.26. The largest absolute Gasteiger partial charge is 0.493 e. The minimum Gasteiger partial charge on any atom is -0.493 e. The summed E-state index contributed by atoms with van der Waals surface area (Å²) in [6.45, 7) is 2.41. The first-order valence-electron chi connectivity index (χ1n) is 6.06. The van der Waals surface area contributed by atoms with Gasteiger partial charge in [0.1, 0.15) is 11.8 Å². The number of Topliss-reactive ketones (excluding diaryl/α,β-unsaturated/α-hetero) is 1. The number of aromatic nitrogens is 2. The Labute approximate surface area is 111 Å². The molecule has 0 saturated heterocycles. The summed E-state index contributed by atoms with van der Waals surface area (Å²) < 4.78 is 6.64. The number of hydrogen-bond acceptors (Lipinski definition) is 4. The molecule has 5 heteroatoms. The molecular formula is C14H16N2O3. The predicted octanol–water partition coefficient (Wildman–Crippen LogP) is 1.83. The molecular weight excluding hydrogens is 244 g/mol. The van der Waals surface area contributed by atoms with Crippen LogP contribution in [0.5, 0.6) is 5.75 Å². The number of ether oxygens (including phenoxy) is 1. The third kappa shape index (κ3) is 2.51. The molecule has 0 saturated carbocycles. The van der Waals surface area contributed by atoms with E-state index >= 15 is 0 Å². The highest BCUT2D eigenvalue weighted by molar-refractivity contribution is 6.00. The predicted molar refractivity (Wildman–Crippen MR) is 70.2 cm³/mol. The van der Waals surface area contributed by atoms with E-state index in [9.17, 15) is 9.90 Å². The average Bonchev–Trinajstić information content (AvgIpc) is 2.89. The molecule has 1 unspecified atom stereocenters. The van der Waals surface area contributed by atoms with Crippen molar-refractivity contribution in [1.82, 2.24) is 9.78 Å². The van der Waals surface area contributed by atoms with Crippen LogP contribution in [-0.2, 0) is 6.54 Å². The number of nitrogens with zero attached hydrogens (tertiary/aromatic N) is 2. The van der Waals surface area contributed by atoms with Gasteiger partial charge >= 0.3 is 0 Å². The van der Waals surface area contributed by atoms with Crippen molar-refractivity contribution >= 4 is 5.78 Å². The third-order valence-corrected chi connectivity index (χ3v) is 2.92. The summed E-state index contributed by atoms with van der Waals surface area (Å²) in [5, 5.41) is 14.2. The van der Waals surface area contributed by atoms with Crippen LogP contribution in [-0.4, -0.2) is 27.8 Å². The van der Waals surface area contributed by atoms with Crippen molar-refractivity contribution in [3.8, 4) is 5.75 Å². The third-order valence-electron chi connectivity index (χ3n) is 2.92. The number of aliphatic hydroxyl groups excluding tert-OH is 1. The topological polar surface area (TPSA) is 64.4 Å². The SMILES string of the molecule is CCn1ncc(OC)c1C(=O)C(O)c1ccccc1. The lowest BCUT2D eigenvalue weighted by atomic mass is 10.0. The maximum atomic E-state index is 12.4. The van der Waals surface area contributed by atoms with Crippen molar-refractivity contribution in [2.24, 2.45) is 0 Å². The molecule has 0 aliphatic rings. The minimum atomic E-state index is -1.21. The van der Waals surface area contributed by atoms with Gasteiger partial charge in [-0.25, -0.2) is 0 Å². The first kappa shape index (κ1) is 13.3. The number of methoxy groups -OCH3 is 1. The molecule has 1 N–H and O–H groups in total. The van der Waals surface area contributed by atoms with E-state index < -0.39 is 11.9 Å². The van der Waals surface area contributed by atoms with Crippen LogP contribution >= 0.6 is 0 Å². The Morgan fingerprint density at radius 2 is 2.11 bits per heavy atom. The Kier molecular flexibility index (Phi) is 3.97. The van der Waals surface area contributed by atoms with Crippen LogP contribution in [0.2, 0.25) is 0 Å². The summed E-state index contributed by atoms with van der Waals surface area (Å²) in [6.07, 6.45) is 0.270. The van der Waals surface area contributed by atoms with Crippen LogP contribution in [0.15, 0.2) is 36.5 Å². The summed E-state index contributed by atoms with van der Waals surface area (Å²) in [4.78, 5) is 12.4. The second-order valence-electron chi connectivity index (χ2n) is 4.05. The van der Waals surface area contributed by atoms with Crippen LogP contribution in [0, 0.1) is 0 Å². The van der Waals surface area contributed by atoms with E-state index in [2.05, 4.69) is 5.10 Å². The zero-order valence-electron chi connectivity index (χ0n) is 10.9. The Balaban J connectivity index is 2.36. The second-order valence-corrected chi connectivity index (χ2v) is 4.05. The molecule has 0 amide bonds. The van der Waals surface area contributed by atoms with E-state index in [4.69, 9.17) is 4.74 Å². The van der Waals surface area contributed by atoms with Crippen LogP contribution in [0.1, 0.15) is 29.1 Å². The number of aryl methyl sites for hydroxylation is 1. The van der Waals surface area contributed by atoms with Crippen LogP contribution in [0.3, 0.4) is 0 Å². The molecule has 2 aromatic rings. The Morgan fingerprint density at radius 3 is 2.68 bits per heavy atom. The smallest absolute Gasteiger partial charge is 0.217 e. The molecule has 100 valence electrons. The number of rotatable bonds is 5. The molecule has 0 aliphatic carbocycles. The summed E-state index contributed by atoms with van der Waals surface area (Å²) in [6, 6.07) is 8.81. The number of aliphatic hydroxyl groups is 1. The van der Waals surface area contributed by atoms with Gasteiger partial charge < -0.3 is 9.84 Å². The Morgan fingerprint density at radius 1 is 1.42 bits per heavy atom. The monoisotopic (exact) mass is 260 g/mol. The van der Waals surface area contributed by atoms with E-state index in [0.29, 0.717) is 23.6 Å². The minimum absolute atomic E-state index is 0.293.